The molecule has 0 aliphatic carbocycles. The Labute approximate surface area is 68.5 Å². The van der Waals surface area contributed by atoms with E-state index in [1.807, 2.05) is 18.4 Å². The molecule has 1 aliphatic heterocycles. The van der Waals surface area contributed by atoms with Gasteiger partial charge in [0.1, 0.15) is 0 Å². The molecule has 1 heterocycles. The van der Waals surface area contributed by atoms with Crippen molar-refractivity contribution < 1.29 is 0 Å². The number of allylic oxidation sites excluding steroid dienone is 4. The van der Waals surface area contributed by atoms with Crippen LogP contribution in [-0.4, -0.2) is 0 Å². The van der Waals surface area contributed by atoms with Crippen molar-refractivity contribution >= 4 is 0 Å². The molecule has 1 radical (unpaired) electrons. The Balaban J connectivity index is 2.15. The Hall–Kier alpha value is -0.980. The molecule has 0 spiro atoms. The van der Waals surface area contributed by atoms with Crippen molar-refractivity contribution in [2.75, 3.05) is 0 Å². The third-order valence-corrected chi connectivity index (χ3v) is 1.59. The number of rotatable bonds is 4. The SMILES string of the molecule is CCCCC=CC1=CC=C[N]1. The monoisotopic (exact) mass is 148 g/mol. The predicted octanol–water partition coefficient (Wildman–Crippen LogP) is 2.75. The lowest BCUT2D eigenvalue weighted by Crippen LogP contribution is -1.86. The fourth-order valence-corrected chi connectivity index (χ4v) is 0.938. The van der Waals surface area contributed by atoms with Gasteiger partial charge in [0, 0.05) is 6.20 Å². The highest BCUT2D eigenvalue weighted by molar-refractivity contribution is 5.28. The molecule has 0 atom stereocenters. The Kier molecular flexibility index (Phi) is 3.53. The van der Waals surface area contributed by atoms with E-state index in [0.29, 0.717) is 0 Å². The largest absolute Gasteiger partial charge is 0.257 e. The standard InChI is InChI=1S/C10H14N/c1-2-3-4-5-7-10-8-6-9-11-10/h5-9H,2-4H2,1H3. The summed E-state index contributed by atoms with van der Waals surface area (Å²) >= 11 is 0. The average molecular weight is 148 g/mol. The van der Waals surface area contributed by atoms with Gasteiger partial charge in [-0.1, -0.05) is 25.8 Å². The van der Waals surface area contributed by atoms with Gasteiger partial charge in [-0.05, 0) is 24.6 Å². The van der Waals surface area contributed by atoms with E-state index in [2.05, 4.69) is 24.4 Å². The van der Waals surface area contributed by atoms with E-state index in [4.69, 9.17) is 0 Å². The second-order valence-electron chi connectivity index (χ2n) is 2.61. The predicted molar refractivity (Wildman–Crippen MR) is 48.0 cm³/mol. The van der Waals surface area contributed by atoms with Gasteiger partial charge in [0.25, 0.3) is 0 Å². The van der Waals surface area contributed by atoms with Gasteiger partial charge in [-0.15, -0.1) is 0 Å². The molecule has 1 rings (SSSR count). The molecular weight excluding hydrogens is 134 g/mol. The molecule has 0 N–H and O–H groups in total. The van der Waals surface area contributed by atoms with Crippen LogP contribution in [0, 0.1) is 0 Å². The molecule has 0 aromatic rings. The van der Waals surface area contributed by atoms with Crippen LogP contribution in [0.3, 0.4) is 0 Å². The van der Waals surface area contributed by atoms with E-state index >= 15 is 0 Å². The lowest BCUT2D eigenvalue weighted by molar-refractivity contribution is 0.814. The summed E-state index contributed by atoms with van der Waals surface area (Å²) < 4.78 is 0. The summed E-state index contributed by atoms with van der Waals surface area (Å²) in [7, 11) is 0. The van der Waals surface area contributed by atoms with Crippen LogP contribution in [0.1, 0.15) is 26.2 Å². The zero-order chi connectivity index (χ0) is 7.94. The summed E-state index contributed by atoms with van der Waals surface area (Å²) in [6.45, 7) is 2.20. The molecule has 1 aliphatic rings. The smallest absolute Gasteiger partial charge is 0.0626 e. The van der Waals surface area contributed by atoms with Crippen LogP contribution in [-0.2, 0) is 0 Å². The number of nitrogens with zero attached hydrogens (tertiary/aromatic N) is 1. The van der Waals surface area contributed by atoms with Crippen LogP contribution in [0.15, 0.2) is 36.2 Å². The van der Waals surface area contributed by atoms with Crippen LogP contribution in [0.25, 0.3) is 0 Å². The van der Waals surface area contributed by atoms with Crippen LogP contribution in [0.2, 0.25) is 0 Å². The van der Waals surface area contributed by atoms with Crippen molar-refractivity contribution in [2.24, 2.45) is 0 Å². The molecule has 0 aromatic heterocycles. The third-order valence-electron chi connectivity index (χ3n) is 1.59. The Morgan fingerprint density at radius 2 is 2.45 bits per heavy atom. The van der Waals surface area contributed by atoms with Crippen LogP contribution >= 0.6 is 0 Å². The summed E-state index contributed by atoms with van der Waals surface area (Å²) in [6.07, 6.45) is 13.8. The molecule has 1 heteroatoms. The van der Waals surface area contributed by atoms with Crippen molar-refractivity contribution in [2.45, 2.75) is 26.2 Å². The Morgan fingerprint density at radius 3 is 3.09 bits per heavy atom. The second kappa shape index (κ2) is 4.78. The van der Waals surface area contributed by atoms with Crippen molar-refractivity contribution in [1.29, 1.82) is 0 Å². The zero-order valence-electron chi connectivity index (χ0n) is 6.96. The first-order chi connectivity index (χ1) is 5.43. The van der Waals surface area contributed by atoms with Crippen molar-refractivity contribution in [3.05, 3.63) is 36.2 Å². The fraction of sp³-hybridized carbons (Fsp3) is 0.400. The highest BCUT2D eigenvalue weighted by Gasteiger charge is 1.92. The molecule has 59 valence electrons. The first-order valence-electron chi connectivity index (χ1n) is 4.17. The second-order valence-corrected chi connectivity index (χ2v) is 2.61. The molecule has 0 amide bonds. The van der Waals surface area contributed by atoms with Gasteiger partial charge < -0.3 is 0 Å². The van der Waals surface area contributed by atoms with Gasteiger partial charge in [0.2, 0.25) is 0 Å². The van der Waals surface area contributed by atoms with Crippen molar-refractivity contribution in [3.8, 4) is 0 Å². The van der Waals surface area contributed by atoms with Gasteiger partial charge in [0.05, 0.1) is 5.70 Å². The first-order valence-corrected chi connectivity index (χ1v) is 4.17. The van der Waals surface area contributed by atoms with Crippen LogP contribution in [0.5, 0.6) is 0 Å². The number of hydrogen-bond acceptors (Lipinski definition) is 0. The zero-order valence-corrected chi connectivity index (χ0v) is 6.96. The maximum absolute atomic E-state index is 4.13. The van der Waals surface area contributed by atoms with Gasteiger partial charge in [0.15, 0.2) is 0 Å². The van der Waals surface area contributed by atoms with Gasteiger partial charge >= 0.3 is 0 Å². The molecule has 1 nitrogen and oxygen atoms in total. The van der Waals surface area contributed by atoms with Crippen molar-refractivity contribution in [3.63, 3.8) is 0 Å². The maximum Gasteiger partial charge on any atom is 0.0626 e. The van der Waals surface area contributed by atoms with Crippen LogP contribution in [0.4, 0.5) is 0 Å². The van der Waals surface area contributed by atoms with E-state index in [-0.39, 0.29) is 0 Å². The lowest BCUT2D eigenvalue weighted by atomic mass is 10.2. The van der Waals surface area contributed by atoms with E-state index in [0.717, 1.165) is 5.70 Å². The minimum absolute atomic E-state index is 1.07. The minimum atomic E-state index is 1.07. The lowest BCUT2D eigenvalue weighted by Gasteiger charge is -1.91. The molecule has 0 fully saturated rings. The minimum Gasteiger partial charge on any atom is -0.257 e. The van der Waals surface area contributed by atoms with Gasteiger partial charge in [-0.3, -0.25) is 5.32 Å². The van der Waals surface area contributed by atoms with Gasteiger partial charge in [-0.2, -0.15) is 0 Å². The first kappa shape index (κ1) is 8.12. The molecule has 0 saturated carbocycles. The molecular formula is C10H14N. The Morgan fingerprint density at radius 1 is 1.55 bits per heavy atom. The van der Waals surface area contributed by atoms with Crippen LogP contribution < -0.4 is 5.32 Å². The average Bonchev–Trinajstić information content (AvgIpc) is 2.50. The molecule has 11 heavy (non-hydrogen) atoms. The molecule has 0 unspecified atom stereocenters. The fourth-order valence-electron chi connectivity index (χ4n) is 0.938. The summed E-state index contributed by atoms with van der Waals surface area (Å²) in [4.78, 5) is 0. The van der Waals surface area contributed by atoms with Gasteiger partial charge in [-0.25, -0.2) is 0 Å². The normalized spacial score (nSPS) is 15.5. The highest BCUT2D eigenvalue weighted by Crippen LogP contribution is 2.03. The quantitative estimate of drug-likeness (QED) is 0.544. The number of hydrogen-bond donors (Lipinski definition) is 0. The third kappa shape index (κ3) is 3.08. The van der Waals surface area contributed by atoms with E-state index in [1.54, 1.807) is 0 Å². The summed E-state index contributed by atoms with van der Waals surface area (Å²) in [5, 5.41) is 4.13. The molecule has 0 aromatic carbocycles. The summed E-state index contributed by atoms with van der Waals surface area (Å²) in [5.74, 6) is 0. The van der Waals surface area contributed by atoms with E-state index < -0.39 is 0 Å². The molecule has 0 saturated heterocycles. The van der Waals surface area contributed by atoms with E-state index in [1.165, 1.54) is 19.3 Å². The van der Waals surface area contributed by atoms with Crippen molar-refractivity contribution in [1.82, 2.24) is 5.32 Å². The topological polar surface area (TPSA) is 14.1 Å². The Bertz CT molecular complexity index is 187. The highest BCUT2D eigenvalue weighted by atomic mass is 14.9. The molecule has 0 bridgehead atoms. The number of unbranched alkanes of at least 4 members (excludes halogenated alkanes) is 2. The summed E-state index contributed by atoms with van der Waals surface area (Å²) in [6, 6.07) is 0. The summed E-state index contributed by atoms with van der Waals surface area (Å²) in [5.41, 5.74) is 1.07. The maximum atomic E-state index is 4.13. The van der Waals surface area contributed by atoms with E-state index in [9.17, 15) is 0 Å².